The largest absolute Gasteiger partial charge is 0.497 e. The van der Waals surface area contributed by atoms with E-state index >= 15 is 0 Å². The SMILES string of the molecule is COc1ccc(CNCc2cc(=O)[nH]c3ccccc23)cc1. The molecule has 0 atom stereocenters. The van der Waals surface area contributed by atoms with Crippen molar-refractivity contribution in [1.82, 2.24) is 10.3 Å². The summed E-state index contributed by atoms with van der Waals surface area (Å²) in [6.45, 7) is 1.39. The lowest BCUT2D eigenvalue weighted by atomic mass is 10.1. The summed E-state index contributed by atoms with van der Waals surface area (Å²) >= 11 is 0. The molecule has 1 heterocycles. The van der Waals surface area contributed by atoms with Gasteiger partial charge in [0.25, 0.3) is 0 Å². The van der Waals surface area contributed by atoms with Crippen LogP contribution >= 0.6 is 0 Å². The number of fused-ring (bicyclic) bond motifs is 1. The van der Waals surface area contributed by atoms with Crippen LogP contribution in [0.5, 0.6) is 5.75 Å². The van der Waals surface area contributed by atoms with Crippen LogP contribution in [0.15, 0.2) is 59.4 Å². The van der Waals surface area contributed by atoms with Gasteiger partial charge in [0.1, 0.15) is 5.75 Å². The highest BCUT2D eigenvalue weighted by Crippen LogP contribution is 2.15. The predicted octanol–water partition coefficient (Wildman–Crippen LogP) is 2.83. The summed E-state index contributed by atoms with van der Waals surface area (Å²) in [6, 6.07) is 17.5. The molecule has 112 valence electrons. The van der Waals surface area contributed by atoms with Crippen LogP contribution in [0.3, 0.4) is 0 Å². The van der Waals surface area contributed by atoms with Gasteiger partial charge in [-0.05, 0) is 29.3 Å². The van der Waals surface area contributed by atoms with Gasteiger partial charge in [-0.15, -0.1) is 0 Å². The number of aromatic nitrogens is 1. The van der Waals surface area contributed by atoms with E-state index < -0.39 is 0 Å². The minimum Gasteiger partial charge on any atom is -0.497 e. The molecular weight excluding hydrogens is 276 g/mol. The molecule has 0 bridgehead atoms. The number of hydrogen-bond donors (Lipinski definition) is 2. The first-order valence-corrected chi connectivity index (χ1v) is 7.21. The molecular formula is C18H18N2O2. The average molecular weight is 294 g/mol. The Hall–Kier alpha value is -2.59. The number of nitrogens with one attached hydrogen (secondary N) is 2. The van der Waals surface area contributed by atoms with Gasteiger partial charge in [0.15, 0.2) is 0 Å². The van der Waals surface area contributed by atoms with E-state index in [1.165, 1.54) is 5.56 Å². The van der Waals surface area contributed by atoms with Crippen LogP contribution in [0.2, 0.25) is 0 Å². The zero-order chi connectivity index (χ0) is 15.4. The molecule has 4 heteroatoms. The van der Waals surface area contributed by atoms with Crippen LogP contribution in [0, 0.1) is 0 Å². The van der Waals surface area contributed by atoms with Crippen LogP contribution in [-0.4, -0.2) is 12.1 Å². The maximum absolute atomic E-state index is 11.7. The highest BCUT2D eigenvalue weighted by atomic mass is 16.5. The van der Waals surface area contributed by atoms with Crippen LogP contribution in [-0.2, 0) is 13.1 Å². The van der Waals surface area contributed by atoms with Crippen molar-refractivity contribution in [2.75, 3.05) is 7.11 Å². The van der Waals surface area contributed by atoms with Crippen LogP contribution < -0.4 is 15.6 Å². The van der Waals surface area contributed by atoms with E-state index in [2.05, 4.69) is 10.3 Å². The third kappa shape index (κ3) is 3.18. The molecule has 0 saturated carbocycles. The number of H-pyrrole nitrogens is 1. The molecule has 0 aliphatic carbocycles. The molecule has 0 radical (unpaired) electrons. The van der Waals surface area contributed by atoms with E-state index in [1.54, 1.807) is 13.2 Å². The number of pyridine rings is 1. The Kier molecular flexibility index (Phi) is 4.21. The molecule has 0 unspecified atom stereocenters. The molecule has 2 aromatic carbocycles. The lowest BCUT2D eigenvalue weighted by Crippen LogP contribution is -2.15. The molecule has 0 fully saturated rings. The zero-order valence-electron chi connectivity index (χ0n) is 12.4. The van der Waals surface area contributed by atoms with Crippen LogP contribution in [0.4, 0.5) is 0 Å². The van der Waals surface area contributed by atoms with Gasteiger partial charge in [0.2, 0.25) is 5.56 Å². The number of benzene rings is 2. The summed E-state index contributed by atoms with van der Waals surface area (Å²) in [4.78, 5) is 14.6. The van der Waals surface area contributed by atoms with Crippen molar-refractivity contribution in [3.05, 3.63) is 76.1 Å². The van der Waals surface area contributed by atoms with Gasteiger partial charge >= 0.3 is 0 Å². The maximum atomic E-state index is 11.7. The first kappa shape index (κ1) is 14.4. The fourth-order valence-corrected chi connectivity index (χ4v) is 2.51. The molecule has 0 spiro atoms. The Labute approximate surface area is 128 Å². The summed E-state index contributed by atoms with van der Waals surface area (Å²) in [7, 11) is 1.66. The summed E-state index contributed by atoms with van der Waals surface area (Å²) < 4.78 is 5.15. The smallest absolute Gasteiger partial charge is 0.248 e. The summed E-state index contributed by atoms with van der Waals surface area (Å²) in [5.41, 5.74) is 2.99. The second kappa shape index (κ2) is 6.45. The minimum absolute atomic E-state index is 0.0695. The van der Waals surface area contributed by atoms with Gasteiger partial charge in [0.05, 0.1) is 7.11 Å². The Morgan fingerprint density at radius 1 is 1.05 bits per heavy atom. The van der Waals surface area contributed by atoms with Crippen molar-refractivity contribution in [2.24, 2.45) is 0 Å². The Morgan fingerprint density at radius 3 is 2.59 bits per heavy atom. The lowest BCUT2D eigenvalue weighted by molar-refractivity contribution is 0.414. The molecule has 0 amide bonds. The second-order valence-electron chi connectivity index (χ2n) is 5.16. The molecule has 2 N–H and O–H groups in total. The van der Waals surface area contributed by atoms with Gasteiger partial charge in [-0.25, -0.2) is 0 Å². The summed E-state index contributed by atoms with van der Waals surface area (Å²) in [5, 5.41) is 4.45. The van der Waals surface area contributed by atoms with Crippen molar-refractivity contribution in [2.45, 2.75) is 13.1 Å². The molecule has 0 aliphatic heterocycles. The topological polar surface area (TPSA) is 54.1 Å². The van der Waals surface area contributed by atoms with Crippen molar-refractivity contribution < 1.29 is 4.74 Å². The maximum Gasteiger partial charge on any atom is 0.248 e. The second-order valence-corrected chi connectivity index (χ2v) is 5.16. The quantitative estimate of drug-likeness (QED) is 0.761. The summed E-state index contributed by atoms with van der Waals surface area (Å²) in [6.07, 6.45) is 0. The van der Waals surface area contributed by atoms with Gasteiger partial charge in [-0.2, -0.15) is 0 Å². The third-order valence-electron chi connectivity index (χ3n) is 3.64. The van der Waals surface area contributed by atoms with E-state index in [0.29, 0.717) is 6.54 Å². The van der Waals surface area contributed by atoms with Crippen molar-refractivity contribution >= 4 is 10.9 Å². The number of methoxy groups -OCH3 is 1. The Balaban J connectivity index is 1.72. The standard InChI is InChI=1S/C18H18N2O2/c1-22-15-8-6-13(7-9-15)11-19-12-14-10-18(21)20-17-5-3-2-4-16(14)17/h2-10,19H,11-12H2,1H3,(H,20,21). The highest BCUT2D eigenvalue weighted by molar-refractivity contribution is 5.81. The van der Waals surface area contributed by atoms with Gasteiger partial charge < -0.3 is 15.0 Å². The van der Waals surface area contributed by atoms with Gasteiger partial charge in [0, 0.05) is 30.1 Å². The van der Waals surface area contributed by atoms with Crippen molar-refractivity contribution in [3.8, 4) is 5.75 Å². The number of ether oxygens (including phenoxy) is 1. The van der Waals surface area contributed by atoms with E-state index in [0.717, 1.165) is 28.8 Å². The van der Waals surface area contributed by atoms with Gasteiger partial charge in [-0.1, -0.05) is 30.3 Å². The molecule has 1 aromatic heterocycles. The molecule has 0 saturated heterocycles. The van der Waals surface area contributed by atoms with Gasteiger partial charge in [-0.3, -0.25) is 4.79 Å². The van der Waals surface area contributed by atoms with Crippen molar-refractivity contribution in [3.63, 3.8) is 0 Å². The molecule has 22 heavy (non-hydrogen) atoms. The lowest BCUT2D eigenvalue weighted by Gasteiger charge is -2.08. The van der Waals surface area contributed by atoms with E-state index in [4.69, 9.17) is 4.74 Å². The van der Waals surface area contributed by atoms with Crippen molar-refractivity contribution in [1.29, 1.82) is 0 Å². The van der Waals surface area contributed by atoms with E-state index in [-0.39, 0.29) is 5.56 Å². The molecule has 3 aromatic rings. The highest BCUT2D eigenvalue weighted by Gasteiger charge is 2.03. The normalized spacial score (nSPS) is 10.8. The average Bonchev–Trinajstić information content (AvgIpc) is 2.55. The minimum atomic E-state index is -0.0695. The van der Waals surface area contributed by atoms with Crippen LogP contribution in [0.1, 0.15) is 11.1 Å². The Morgan fingerprint density at radius 2 is 1.82 bits per heavy atom. The predicted molar refractivity (Wildman–Crippen MR) is 88.1 cm³/mol. The van der Waals surface area contributed by atoms with E-state index in [9.17, 15) is 4.79 Å². The van der Waals surface area contributed by atoms with E-state index in [1.807, 2.05) is 48.5 Å². The number of rotatable bonds is 5. The molecule has 3 rings (SSSR count). The fourth-order valence-electron chi connectivity index (χ4n) is 2.51. The number of aromatic amines is 1. The number of para-hydroxylation sites is 1. The monoisotopic (exact) mass is 294 g/mol. The molecule has 0 aliphatic rings. The zero-order valence-corrected chi connectivity index (χ0v) is 12.4. The number of hydrogen-bond acceptors (Lipinski definition) is 3. The van der Waals surface area contributed by atoms with Crippen LogP contribution in [0.25, 0.3) is 10.9 Å². The summed E-state index contributed by atoms with van der Waals surface area (Å²) in [5.74, 6) is 0.851. The molecule has 4 nitrogen and oxygen atoms in total. The Bertz CT molecular complexity index is 822. The fraction of sp³-hybridized carbons (Fsp3) is 0.167. The first-order valence-electron chi connectivity index (χ1n) is 7.21. The third-order valence-corrected chi connectivity index (χ3v) is 3.64. The first-order chi connectivity index (χ1) is 10.8.